The third kappa shape index (κ3) is 2.05. The van der Waals surface area contributed by atoms with Crippen LogP contribution in [0.5, 0.6) is 0 Å². The Hall–Kier alpha value is -1.40. The molecule has 0 aliphatic carbocycles. The molecule has 1 amide bonds. The van der Waals surface area contributed by atoms with E-state index < -0.39 is 0 Å². The van der Waals surface area contributed by atoms with Crippen LogP contribution in [-0.2, 0) is 16.1 Å². The van der Waals surface area contributed by atoms with Gasteiger partial charge < -0.3 is 10.1 Å². The van der Waals surface area contributed by atoms with Gasteiger partial charge in [-0.25, -0.2) is 4.98 Å². The molecule has 1 atom stereocenters. The molecule has 5 nitrogen and oxygen atoms in total. The van der Waals surface area contributed by atoms with Crippen molar-refractivity contribution in [3.05, 3.63) is 23.5 Å². The number of amides is 1. The fraction of sp³-hybridized carbons (Fsp3) is 0.455. The average molecular weight is 251 g/mol. The summed E-state index contributed by atoms with van der Waals surface area (Å²) in [5.74, 6) is -0.0121. The van der Waals surface area contributed by atoms with Gasteiger partial charge in [0.15, 0.2) is 4.96 Å². The molecule has 17 heavy (non-hydrogen) atoms. The number of carbonyl (C=O) groups is 1. The summed E-state index contributed by atoms with van der Waals surface area (Å²) < 4.78 is 7.32. The molecule has 1 aliphatic rings. The van der Waals surface area contributed by atoms with E-state index >= 15 is 0 Å². The third-order valence-electron chi connectivity index (χ3n) is 2.88. The van der Waals surface area contributed by atoms with E-state index in [0.29, 0.717) is 13.2 Å². The minimum absolute atomic E-state index is 0.0121. The number of thiazole rings is 1. The first-order chi connectivity index (χ1) is 8.34. The quantitative estimate of drug-likeness (QED) is 0.891. The van der Waals surface area contributed by atoms with Crippen molar-refractivity contribution in [1.82, 2.24) is 14.7 Å². The Labute approximate surface area is 102 Å². The Morgan fingerprint density at radius 1 is 1.71 bits per heavy atom. The molecule has 2 aromatic heterocycles. The molecule has 2 aromatic rings. The smallest absolute Gasteiger partial charge is 0.249 e. The van der Waals surface area contributed by atoms with Crippen LogP contribution in [0.2, 0.25) is 0 Å². The van der Waals surface area contributed by atoms with Crippen LogP contribution in [0, 0.1) is 0 Å². The second-order valence-corrected chi connectivity index (χ2v) is 4.86. The summed E-state index contributed by atoms with van der Waals surface area (Å²) in [4.78, 5) is 16.9. The van der Waals surface area contributed by atoms with Gasteiger partial charge in [0, 0.05) is 24.4 Å². The summed E-state index contributed by atoms with van der Waals surface area (Å²) in [5.41, 5.74) is 1.05. The Morgan fingerprint density at radius 3 is 3.47 bits per heavy atom. The average Bonchev–Trinajstić information content (AvgIpc) is 3.03. The van der Waals surface area contributed by atoms with Crippen molar-refractivity contribution in [2.24, 2.45) is 0 Å². The molecular formula is C11H13N3O2S. The van der Waals surface area contributed by atoms with E-state index in [-0.39, 0.29) is 12.0 Å². The number of hydrogen-bond acceptors (Lipinski definition) is 4. The van der Waals surface area contributed by atoms with Crippen LogP contribution in [0.3, 0.4) is 0 Å². The zero-order valence-corrected chi connectivity index (χ0v) is 10.1. The highest BCUT2D eigenvalue weighted by molar-refractivity contribution is 7.15. The van der Waals surface area contributed by atoms with E-state index in [9.17, 15) is 4.79 Å². The monoisotopic (exact) mass is 251 g/mol. The Morgan fingerprint density at radius 2 is 2.65 bits per heavy atom. The van der Waals surface area contributed by atoms with Crippen molar-refractivity contribution in [2.75, 3.05) is 6.61 Å². The van der Waals surface area contributed by atoms with Crippen molar-refractivity contribution in [3.63, 3.8) is 0 Å². The van der Waals surface area contributed by atoms with Gasteiger partial charge in [-0.2, -0.15) is 0 Å². The maximum Gasteiger partial charge on any atom is 0.249 e. The summed E-state index contributed by atoms with van der Waals surface area (Å²) in [7, 11) is 0. The number of ether oxygens (including phenoxy) is 1. The molecule has 0 radical (unpaired) electrons. The highest BCUT2D eigenvalue weighted by atomic mass is 32.1. The largest absolute Gasteiger partial charge is 0.368 e. The van der Waals surface area contributed by atoms with Gasteiger partial charge in [0.2, 0.25) is 5.91 Å². The molecule has 90 valence electrons. The highest BCUT2D eigenvalue weighted by Gasteiger charge is 2.23. The molecule has 0 saturated carbocycles. The zero-order valence-electron chi connectivity index (χ0n) is 9.26. The van der Waals surface area contributed by atoms with Gasteiger partial charge in [-0.3, -0.25) is 9.20 Å². The summed E-state index contributed by atoms with van der Waals surface area (Å²) in [6, 6.07) is 0. The Bertz CT molecular complexity index is 528. The number of fused-ring (bicyclic) bond motifs is 1. The lowest BCUT2D eigenvalue weighted by molar-refractivity contribution is -0.130. The normalized spacial score (nSPS) is 19.9. The number of imidazole rings is 1. The minimum Gasteiger partial charge on any atom is -0.368 e. The fourth-order valence-corrected chi connectivity index (χ4v) is 2.83. The molecule has 3 rings (SSSR count). The standard InChI is InChI=1S/C11H13N3O2S/c15-10(9-2-1-5-16-9)13-6-8-7-17-11-12-3-4-14(8)11/h3-4,7,9H,1-2,5-6H2,(H,13,15). The van der Waals surface area contributed by atoms with Gasteiger partial charge in [0.1, 0.15) is 6.10 Å². The predicted octanol–water partition coefficient (Wildman–Crippen LogP) is 1.19. The first-order valence-electron chi connectivity index (χ1n) is 5.63. The van der Waals surface area contributed by atoms with Gasteiger partial charge in [-0.1, -0.05) is 0 Å². The Kier molecular flexibility index (Phi) is 2.82. The van der Waals surface area contributed by atoms with Gasteiger partial charge in [0.05, 0.1) is 12.2 Å². The van der Waals surface area contributed by atoms with Gasteiger partial charge in [0.25, 0.3) is 0 Å². The van der Waals surface area contributed by atoms with Crippen molar-refractivity contribution >= 4 is 22.2 Å². The second kappa shape index (κ2) is 4.46. The fourth-order valence-electron chi connectivity index (χ4n) is 1.98. The first kappa shape index (κ1) is 10.7. The molecule has 0 bridgehead atoms. The number of carbonyl (C=O) groups excluding carboxylic acids is 1. The van der Waals surface area contributed by atoms with E-state index in [1.807, 2.05) is 16.0 Å². The molecule has 0 aromatic carbocycles. The first-order valence-corrected chi connectivity index (χ1v) is 6.51. The Balaban J connectivity index is 1.64. The number of hydrogen-bond donors (Lipinski definition) is 1. The van der Waals surface area contributed by atoms with Crippen molar-refractivity contribution in [1.29, 1.82) is 0 Å². The molecule has 1 saturated heterocycles. The molecular weight excluding hydrogens is 238 g/mol. The maximum atomic E-state index is 11.8. The summed E-state index contributed by atoms with van der Waals surface area (Å²) in [6.45, 7) is 1.22. The van der Waals surface area contributed by atoms with Crippen LogP contribution in [0.4, 0.5) is 0 Å². The second-order valence-electron chi connectivity index (χ2n) is 4.03. The van der Waals surface area contributed by atoms with Gasteiger partial charge >= 0.3 is 0 Å². The molecule has 6 heteroatoms. The number of nitrogens with zero attached hydrogens (tertiary/aromatic N) is 2. The molecule has 1 N–H and O–H groups in total. The topological polar surface area (TPSA) is 55.6 Å². The molecule has 0 spiro atoms. The van der Waals surface area contributed by atoms with E-state index in [1.54, 1.807) is 17.5 Å². The summed E-state index contributed by atoms with van der Waals surface area (Å²) in [6.07, 6.45) is 5.21. The number of rotatable bonds is 3. The van der Waals surface area contributed by atoms with Gasteiger partial charge in [-0.15, -0.1) is 11.3 Å². The zero-order chi connectivity index (χ0) is 11.7. The van der Waals surface area contributed by atoms with E-state index in [0.717, 1.165) is 23.5 Å². The van der Waals surface area contributed by atoms with Crippen molar-refractivity contribution < 1.29 is 9.53 Å². The van der Waals surface area contributed by atoms with Crippen LogP contribution in [-0.4, -0.2) is 28.0 Å². The third-order valence-corrected chi connectivity index (χ3v) is 3.79. The van der Waals surface area contributed by atoms with Crippen LogP contribution >= 0.6 is 11.3 Å². The van der Waals surface area contributed by atoms with Crippen molar-refractivity contribution in [2.45, 2.75) is 25.5 Å². The summed E-state index contributed by atoms with van der Waals surface area (Å²) in [5, 5.41) is 4.92. The van der Waals surface area contributed by atoms with Gasteiger partial charge in [-0.05, 0) is 12.8 Å². The summed E-state index contributed by atoms with van der Waals surface area (Å²) >= 11 is 1.57. The highest BCUT2D eigenvalue weighted by Crippen LogP contribution is 2.15. The van der Waals surface area contributed by atoms with E-state index in [1.165, 1.54) is 0 Å². The predicted molar refractivity (Wildman–Crippen MR) is 63.9 cm³/mol. The lowest BCUT2D eigenvalue weighted by atomic mass is 10.2. The molecule has 1 fully saturated rings. The van der Waals surface area contributed by atoms with Crippen LogP contribution in [0.15, 0.2) is 17.8 Å². The molecule has 1 aliphatic heterocycles. The lowest BCUT2D eigenvalue weighted by Gasteiger charge is -2.09. The number of aromatic nitrogens is 2. The maximum absolute atomic E-state index is 11.8. The van der Waals surface area contributed by atoms with Crippen LogP contribution < -0.4 is 5.32 Å². The van der Waals surface area contributed by atoms with E-state index in [4.69, 9.17) is 4.74 Å². The minimum atomic E-state index is -0.257. The molecule has 1 unspecified atom stereocenters. The number of nitrogens with one attached hydrogen (secondary N) is 1. The van der Waals surface area contributed by atoms with Crippen molar-refractivity contribution in [3.8, 4) is 0 Å². The SMILES string of the molecule is O=C(NCc1csc2nccn12)C1CCCO1. The van der Waals surface area contributed by atoms with Crippen LogP contribution in [0.25, 0.3) is 4.96 Å². The molecule has 3 heterocycles. The van der Waals surface area contributed by atoms with E-state index in [2.05, 4.69) is 10.3 Å². The lowest BCUT2D eigenvalue weighted by Crippen LogP contribution is -2.33. The van der Waals surface area contributed by atoms with Crippen LogP contribution in [0.1, 0.15) is 18.5 Å².